The summed E-state index contributed by atoms with van der Waals surface area (Å²) in [6.07, 6.45) is 2.33. The molecule has 1 aliphatic rings. The van der Waals surface area contributed by atoms with Gasteiger partial charge in [0.1, 0.15) is 0 Å². The average Bonchev–Trinajstić information content (AvgIpc) is 3.15. The summed E-state index contributed by atoms with van der Waals surface area (Å²) in [6.45, 7) is 2.71. The van der Waals surface area contributed by atoms with Gasteiger partial charge in [0, 0.05) is 37.3 Å². The van der Waals surface area contributed by atoms with E-state index in [1.54, 1.807) is 29.2 Å². The topological polar surface area (TPSA) is 43.9 Å². The molecule has 5 nitrogen and oxygen atoms in total. The Morgan fingerprint density at radius 1 is 1.03 bits per heavy atom. The van der Waals surface area contributed by atoms with Gasteiger partial charge in [0.15, 0.2) is 0 Å². The SMILES string of the molecule is CN(C)CCCN(Cc1ccc(Cl)c(Cl)c1)C(=O)c1ccc(N2CCCC2=O)cc1. The summed E-state index contributed by atoms with van der Waals surface area (Å²) < 4.78 is 0. The molecule has 3 rings (SSSR count). The van der Waals surface area contributed by atoms with Gasteiger partial charge >= 0.3 is 0 Å². The number of hydrogen-bond donors (Lipinski definition) is 0. The number of amides is 2. The van der Waals surface area contributed by atoms with E-state index in [-0.39, 0.29) is 11.8 Å². The molecule has 0 radical (unpaired) electrons. The standard InChI is InChI=1S/C23H27Cl2N3O2/c1-26(2)12-4-13-27(16-17-6-11-20(24)21(25)15-17)23(30)18-7-9-19(10-8-18)28-14-3-5-22(28)29/h6-11,15H,3-5,12-14,16H2,1-2H3. The summed E-state index contributed by atoms with van der Waals surface area (Å²) in [6, 6.07) is 12.8. The van der Waals surface area contributed by atoms with Crippen molar-refractivity contribution in [1.29, 1.82) is 0 Å². The normalized spacial score (nSPS) is 13.9. The molecule has 1 aliphatic heterocycles. The van der Waals surface area contributed by atoms with Crippen molar-refractivity contribution in [3.8, 4) is 0 Å². The fourth-order valence-corrected chi connectivity index (χ4v) is 3.90. The van der Waals surface area contributed by atoms with Crippen molar-refractivity contribution in [2.24, 2.45) is 0 Å². The van der Waals surface area contributed by atoms with Crippen LogP contribution in [0.4, 0.5) is 5.69 Å². The van der Waals surface area contributed by atoms with E-state index in [0.717, 1.165) is 37.2 Å². The summed E-state index contributed by atoms with van der Waals surface area (Å²) in [5.74, 6) is 0.0955. The van der Waals surface area contributed by atoms with Crippen LogP contribution >= 0.6 is 23.2 Å². The Morgan fingerprint density at radius 3 is 2.37 bits per heavy atom. The number of carbonyl (C=O) groups is 2. The molecule has 30 heavy (non-hydrogen) atoms. The van der Waals surface area contributed by atoms with Gasteiger partial charge < -0.3 is 14.7 Å². The van der Waals surface area contributed by atoms with Crippen molar-refractivity contribution in [2.75, 3.05) is 38.6 Å². The van der Waals surface area contributed by atoms with E-state index in [2.05, 4.69) is 4.90 Å². The van der Waals surface area contributed by atoms with Gasteiger partial charge in [0.05, 0.1) is 10.0 Å². The van der Waals surface area contributed by atoms with E-state index in [1.165, 1.54) is 0 Å². The molecule has 7 heteroatoms. The quantitative estimate of drug-likeness (QED) is 0.588. The molecule has 0 aliphatic carbocycles. The molecule has 0 saturated carbocycles. The highest BCUT2D eigenvalue weighted by molar-refractivity contribution is 6.42. The van der Waals surface area contributed by atoms with Crippen LogP contribution in [-0.4, -0.2) is 55.3 Å². The number of anilines is 1. The van der Waals surface area contributed by atoms with E-state index >= 15 is 0 Å². The zero-order valence-corrected chi connectivity index (χ0v) is 18.9. The van der Waals surface area contributed by atoms with Crippen LogP contribution in [0.3, 0.4) is 0 Å². The second-order valence-electron chi connectivity index (χ2n) is 7.83. The van der Waals surface area contributed by atoms with E-state index in [0.29, 0.717) is 35.1 Å². The number of hydrogen-bond acceptors (Lipinski definition) is 3. The molecule has 0 unspecified atom stereocenters. The zero-order valence-electron chi connectivity index (χ0n) is 17.4. The molecule has 1 heterocycles. The maximum Gasteiger partial charge on any atom is 0.254 e. The van der Waals surface area contributed by atoms with Crippen LogP contribution in [0.2, 0.25) is 10.0 Å². The minimum atomic E-state index is -0.0425. The van der Waals surface area contributed by atoms with Crippen molar-refractivity contribution in [3.05, 3.63) is 63.6 Å². The predicted molar refractivity (Wildman–Crippen MR) is 122 cm³/mol. The fourth-order valence-electron chi connectivity index (χ4n) is 3.58. The fraction of sp³-hybridized carbons (Fsp3) is 0.391. The Bertz CT molecular complexity index is 900. The van der Waals surface area contributed by atoms with Gasteiger partial charge in [0.2, 0.25) is 5.91 Å². The van der Waals surface area contributed by atoms with Gasteiger partial charge in [-0.1, -0.05) is 29.3 Å². The van der Waals surface area contributed by atoms with Crippen LogP contribution in [0.5, 0.6) is 0 Å². The maximum atomic E-state index is 13.2. The lowest BCUT2D eigenvalue weighted by Gasteiger charge is -2.24. The Hall–Kier alpha value is -2.08. The van der Waals surface area contributed by atoms with Gasteiger partial charge in [-0.3, -0.25) is 9.59 Å². The molecule has 2 aromatic rings. The third-order valence-corrected chi connectivity index (χ3v) is 5.92. The zero-order chi connectivity index (χ0) is 21.7. The molecular formula is C23H27Cl2N3O2. The second-order valence-corrected chi connectivity index (χ2v) is 8.64. The third kappa shape index (κ3) is 5.75. The van der Waals surface area contributed by atoms with Gasteiger partial charge in [-0.15, -0.1) is 0 Å². The lowest BCUT2D eigenvalue weighted by atomic mass is 10.1. The summed E-state index contributed by atoms with van der Waals surface area (Å²) in [4.78, 5) is 30.9. The highest BCUT2D eigenvalue weighted by Crippen LogP contribution is 2.25. The first-order valence-electron chi connectivity index (χ1n) is 10.1. The number of carbonyl (C=O) groups excluding carboxylic acids is 2. The van der Waals surface area contributed by atoms with Crippen LogP contribution < -0.4 is 4.90 Å². The van der Waals surface area contributed by atoms with Gasteiger partial charge in [-0.05, 0) is 75.4 Å². The molecule has 0 aromatic heterocycles. The predicted octanol–water partition coefficient (Wildman–Crippen LogP) is 4.71. The van der Waals surface area contributed by atoms with Crippen LogP contribution in [-0.2, 0) is 11.3 Å². The van der Waals surface area contributed by atoms with Crippen molar-refractivity contribution in [3.63, 3.8) is 0 Å². The van der Waals surface area contributed by atoms with Gasteiger partial charge in [0.25, 0.3) is 5.91 Å². The Kier molecular flexibility index (Phi) is 7.75. The van der Waals surface area contributed by atoms with Crippen molar-refractivity contribution < 1.29 is 9.59 Å². The number of halogens is 2. The Labute approximate surface area is 188 Å². The molecule has 0 bridgehead atoms. The van der Waals surface area contributed by atoms with Crippen LogP contribution in [0.1, 0.15) is 35.2 Å². The summed E-state index contributed by atoms with van der Waals surface area (Å²) in [5.41, 5.74) is 2.38. The lowest BCUT2D eigenvalue weighted by Crippen LogP contribution is -2.33. The monoisotopic (exact) mass is 447 g/mol. The molecule has 160 valence electrons. The van der Waals surface area contributed by atoms with Crippen LogP contribution in [0, 0.1) is 0 Å². The number of benzene rings is 2. The minimum Gasteiger partial charge on any atom is -0.334 e. The van der Waals surface area contributed by atoms with Crippen LogP contribution in [0.15, 0.2) is 42.5 Å². The Balaban J connectivity index is 1.76. The maximum absolute atomic E-state index is 13.2. The first-order valence-corrected chi connectivity index (χ1v) is 10.9. The number of nitrogens with zero attached hydrogens (tertiary/aromatic N) is 3. The van der Waals surface area contributed by atoms with Crippen molar-refractivity contribution in [2.45, 2.75) is 25.8 Å². The van der Waals surface area contributed by atoms with E-state index in [9.17, 15) is 9.59 Å². The third-order valence-electron chi connectivity index (χ3n) is 5.18. The van der Waals surface area contributed by atoms with E-state index in [1.807, 2.05) is 37.2 Å². The van der Waals surface area contributed by atoms with Crippen molar-refractivity contribution >= 4 is 40.7 Å². The smallest absolute Gasteiger partial charge is 0.254 e. The van der Waals surface area contributed by atoms with Gasteiger partial charge in [-0.25, -0.2) is 0 Å². The molecule has 2 aromatic carbocycles. The molecule has 2 amide bonds. The molecule has 0 spiro atoms. The lowest BCUT2D eigenvalue weighted by molar-refractivity contribution is -0.117. The molecule has 0 N–H and O–H groups in total. The second kappa shape index (κ2) is 10.3. The number of rotatable bonds is 8. The molecule has 0 atom stereocenters. The first-order chi connectivity index (χ1) is 14.3. The first kappa shape index (κ1) is 22.6. The summed E-state index contributed by atoms with van der Waals surface area (Å²) in [5, 5.41) is 0.979. The van der Waals surface area contributed by atoms with E-state index in [4.69, 9.17) is 23.2 Å². The highest BCUT2D eigenvalue weighted by atomic mass is 35.5. The van der Waals surface area contributed by atoms with Crippen LogP contribution in [0.25, 0.3) is 0 Å². The van der Waals surface area contributed by atoms with Crippen molar-refractivity contribution in [1.82, 2.24) is 9.80 Å². The summed E-state index contributed by atoms with van der Waals surface area (Å²) >= 11 is 12.2. The highest BCUT2D eigenvalue weighted by Gasteiger charge is 2.22. The molecular weight excluding hydrogens is 421 g/mol. The molecule has 1 saturated heterocycles. The molecule has 1 fully saturated rings. The minimum absolute atomic E-state index is 0.0425. The van der Waals surface area contributed by atoms with Gasteiger partial charge in [-0.2, -0.15) is 0 Å². The summed E-state index contributed by atoms with van der Waals surface area (Å²) in [7, 11) is 4.03. The van der Waals surface area contributed by atoms with E-state index < -0.39 is 0 Å². The Morgan fingerprint density at radius 2 is 1.77 bits per heavy atom. The average molecular weight is 448 g/mol. The largest absolute Gasteiger partial charge is 0.334 e.